The first kappa shape index (κ1) is 17.1. The third-order valence-electron chi connectivity index (χ3n) is 3.04. The number of aryl methyl sites for hydroxylation is 3. The SMILES string of the molecule is Cc1cc(C)c(NC(=O)Cn2cc(CN)nn2)c(C)c1.Cl. The minimum Gasteiger partial charge on any atom is -0.325 e. The Hall–Kier alpha value is -1.92. The van der Waals surface area contributed by atoms with Crippen LogP contribution in [0.25, 0.3) is 0 Å². The summed E-state index contributed by atoms with van der Waals surface area (Å²) in [4.78, 5) is 12.0. The number of carbonyl (C=O) groups excluding carboxylic acids is 1. The summed E-state index contributed by atoms with van der Waals surface area (Å²) in [5.74, 6) is -0.131. The quantitative estimate of drug-likeness (QED) is 0.900. The second kappa shape index (κ2) is 7.19. The first-order valence-corrected chi connectivity index (χ1v) is 6.46. The van der Waals surface area contributed by atoms with Crippen LogP contribution < -0.4 is 11.1 Å². The van der Waals surface area contributed by atoms with Gasteiger partial charge in [0.05, 0.1) is 11.9 Å². The van der Waals surface area contributed by atoms with Crippen LogP contribution in [0.5, 0.6) is 0 Å². The van der Waals surface area contributed by atoms with Crippen LogP contribution in [0.15, 0.2) is 18.3 Å². The summed E-state index contributed by atoms with van der Waals surface area (Å²) in [6, 6.07) is 4.09. The van der Waals surface area contributed by atoms with Gasteiger partial charge in [0, 0.05) is 12.2 Å². The second-order valence-electron chi connectivity index (χ2n) is 4.93. The van der Waals surface area contributed by atoms with Gasteiger partial charge in [-0.15, -0.1) is 17.5 Å². The highest BCUT2D eigenvalue weighted by atomic mass is 35.5. The molecule has 0 fully saturated rings. The summed E-state index contributed by atoms with van der Waals surface area (Å²) in [6.45, 7) is 6.45. The number of rotatable bonds is 4. The molecule has 2 aromatic rings. The van der Waals surface area contributed by atoms with E-state index in [1.807, 2.05) is 32.9 Å². The molecule has 0 aliphatic rings. The maximum Gasteiger partial charge on any atom is 0.246 e. The van der Waals surface area contributed by atoms with Crippen LogP contribution in [-0.4, -0.2) is 20.9 Å². The van der Waals surface area contributed by atoms with Gasteiger partial charge in [-0.25, -0.2) is 4.68 Å². The molecule has 0 saturated heterocycles. The van der Waals surface area contributed by atoms with Gasteiger partial charge in [0.15, 0.2) is 0 Å². The Morgan fingerprint density at radius 2 is 1.90 bits per heavy atom. The van der Waals surface area contributed by atoms with Gasteiger partial charge in [-0.1, -0.05) is 22.9 Å². The van der Waals surface area contributed by atoms with E-state index in [4.69, 9.17) is 5.73 Å². The van der Waals surface area contributed by atoms with E-state index in [-0.39, 0.29) is 24.9 Å². The molecule has 1 aromatic heterocycles. The van der Waals surface area contributed by atoms with Crippen LogP contribution in [-0.2, 0) is 17.9 Å². The number of nitrogens with one attached hydrogen (secondary N) is 1. The highest BCUT2D eigenvalue weighted by Crippen LogP contribution is 2.21. The Labute approximate surface area is 130 Å². The number of anilines is 1. The summed E-state index contributed by atoms with van der Waals surface area (Å²) in [5.41, 5.74) is 10.3. The van der Waals surface area contributed by atoms with Gasteiger partial charge in [-0.3, -0.25) is 4.79 Å². The number of halogens is 1. The van der Waals surface area contributed by atoms with Crippen molar-refractivity contribution in [2.75, 3.05) is 5.32 Å². The standard InChI is InChI=1S/C14H19N5O.ClH/c1-9-4-10(2)14(11(3)5-9)16-13(20)8-19-7-12(6-15)17-18-19;/h4-5,7H,6,8,15H2,1-3H3,(H,16,20);1H. The second-order valence-corrected chi connectivity index (χ2v) is 4.93. The number of nitrogens with two attached hydrogens (primary N) is 1. The molecule has 0 unspecified atom stereocenters. The van der Waals surface area contributed by atoms with Crippen LogP contribution in [0, 0.1) is 20.8 Å². The zero-order valence-corrected chi connectivity index (χ0v) is 13.2. The average Bonchev–Trinajstić information content (AvgIpc) is 2.81. The maximum absolute atomic E-state index is 12.0. The summed E-state index contributed by atoms with van der Waals surface area (Å²) in [5, 5.41) is 10.6. The Bertz CT molecular complexity index is 615. The Morgan fingerprint density at radius 1 is 1.29 bits per heavy atom. The molecule has 6 nitrogen and oxygen atoms in total. The molecule has 7 heteroatoms. The number of amides is 1. The molecular weight excluding hydrogens is 290 g/mol. The van der Waals surface area contributed by atoms with Gasteiger partial charge in [-0.2, -0.15) is 0 Å². The Kier molecular flexibility index (Phi) is 5.87. The molecule has 0 bridgehead atoms. The lowest BCUT2D eigenvalue weighted by molar-refractivity contribution is -0.116. The molecule has 2 rings (SSSR count). The molecule has 114 valence electrons. The van der Waals surface area contributed by atoms with Crippen molar-refractivity contribution in [2.45, 2.75) is 33.9 Å². The lowest BCUT2D eigenvalue weighted by Gasteiger charge is -2.12. The van der Waals surface area contributed by atoms with Gasteiger partial charge in [0.1, 0.15) is 6.54 Å². The zero-order valence-electron chi connectivity index (χ0n) is 12.4. The largest absolute Gasteiger partial charge is 0.325 e. The molecule has 3 N–H and O–H groups in total. The van der Waals surface area contributed by atoms with Gasteiger partial charge in [0.25, 0.3) is 0 Å². The lowest BCUT2D eigenvalue weighted by atomic mass is 10.1. The molecule has 1 amide bonds. The number of carbonyl (C=O) groups is 1. The number of hydrogen-bond donors (Lipinski definition) is 2. The minimum absolute atomic E-state index is 0. The Morgan fingerprint density at radius 3 is 2.43 bits per heavy atom. The predicted molar refractivity (Wildman–Crippen MR) is 84.4 cm³/mol. The smallest absolute Gasteiger partial charge is 0.246 e. The van der Waals surface area contributed by atoms with E-state index in [0.717, 1.165) is 16.8 Å². The van der Waals surface area contributed by atoms with Crippen molar-refractivity contribution in [3.63, 3.8) is 0 Å². The highest BCUT2D eigenvalue weighted by Gasteiger charge is 2.10. The average molecular weight is 310 g/mol. The third kappa shape index (κ3) is 4.27. The van der Waals surface area contributed by atoms with E-state index in [1.54, 1.807) is 6.20 Å². The van der Waals surface area contributed by atoms with Crippen molar-refractivity contribution in [1.29, 1.82) is 0 Å². The van der Waals surface area contributed by atoms with Crippen molar-refractivity contribution in [1.82, 2.24) is 15.0 Å². The van der Waals surface area contributed by atoms with E-state index >= 15 is 0 Å². The molecule has 0 saturated carbocycles. The van der Waals surface area contributed by atoms with E-state index in [2.05, 4.69) is 15.6 Å². The van der Waals surface area contributed by atoms with Crippen molar-refractivity contribution >= 4 is 24.0 Å². The van der Waals surface area contributed by atoms with Gasteiger partial charge in [-0.05, 0) is 31.9 Å². The molecule has 0 spiro atoms. The summed E-state index contributed by atoms with van der Waals surface area (Å²) < 4.78 is 1.48. The summed E-state index contributed by atoms with van der Waals surface area (Å²) >= 11 is 0. The molecule has 0 atom stereocenters. The zero-order chi connectivity index (χ0) is 14.7. The fourth-order valence-corrected chi connectivity index (χ4v) is 2.21. The Balaban J connectivity index is 0.00000220. The number of nitrogens with zero attached hydrogens (tertiary/aromatic N) is 3. The van der Waals surface area contributed by atoms with Crippen LogP contribution >= 0.6 is 12.4 Å². The van der Waals surface area contributed by atoms with Crippen LogP contribution in [0.2, 0.25) is 0 Å². The van der Waals surface area contributed by atoms with Crippen LogP contribution in [0.3, 0.4) is 0 Å². The molecule has 21 heavy (non-hydrogen) atoms. The topological polar surface area (TPSA) is 85.8 Å². The normalized spacial score (nSPS) is 10.1. The van der Waals surface area contributed by atoms with E-state index in [1.165, 1.54) is 10.2 Å². The lowest BCUT2D eigenvalue weighted by Crippen LogP contribution is -2.20. The molecule has 0 radical (unpaired) electrons. The van der Waals surface area contributed by atoms with Gasteiger partial charge in [0.2, 0.25) is 5.91 Å². The van der Waals surface area contributed by atoms with Gasteiger partial charge >= 0.3 is 0 Å². The molecular formula is C14H20ClN5O. The van der Waals surface area contributed by atoms with Crippen molar-refractivity contribution in [3.8, 4) is 0 Å². The number of hydrogen-bond acceptors (Lipinski definition) is 4. The van der Waals surface area contributed by atoms with E-state index < -0.39 is 0 Å². The monoisotopic (exact) mass is 309 g/mol. The van der Waals surface area contributed by atoms with Crippen molar-refractivity contribution in [3.05, 3.63) is 40.7 Å². The van der Waals surface area contributed by atoms with Crippen molar-refractivity contribution < 1.29 is 4.79 Å². The molecule has 1 aromatic carbocycles. The first-order valence-electron chi connectivity index (χ1n) is 6.46. The minimum atomic E-state index is -0.131. The third-order valence-corrected chi connectivity index (χ3v) is 3.04. The molecule has 1 heterocycles. The fourth-order valence-electron chi connectivity index (χ4n) is 2.21. The highest BCUT2D eigenvalue weighted by molar-refractivity contribution is 5.92. The summed E-state index contributed by atoms with van der Waals surface area (Å²) in [6.07, 6.45) is 1.68. The first-order chi connectivity index (χ1) is 9.49. The van der Waals surface area contributed by atoms with Crippen LogP contribution in [0.1, 0.15) is 22.4 Å². The van der Waals surface area contributed by atoms with Gasteiger partial charge < -0.3 is 11.1 Å². The van der Waals surface area contributed by atoms with E-state index in [0.29, 0.717) is 12.2 Å². The molecule has 0 aliphatic carbocycles. The maximum atomic E-state index is 12.0. The number of benzene rings is 1. The summed E-state index contributed by atoms with van der Waals surface area (Å²) in [7, 11) is 0. The van der Waals surface area contributed by atoms with Crippen LogP contribution in [0.4, 0.5) is 5.69 Å². The van der Waals surface area contributed by atoms with E-state index in [9.17, 15) is 4.79 Å². The number of aromatic nitrogens is 3. The predicted octanol–water partition coefficient (Wildman–Crippen LogP) is 1.72. The fraction of sp³-hybridized carbons (Fsp3) is 0.357. The van der Waals surface area contributed by atoms with Crippen molar-refractivity contribution in [2.24, 2.45) is 5.73 Å². The molecule has 0 aliphatic heterocycles.